The van der Waals surface area contributed by atoms with Crippen LogP contribution in [0.3, 0.4) is 0 Å². The summed E-state index contributed by atoms with van der Waals surface area (Å²) < 4.78 is 1.40. The summed E-state index contributed by atoms with van der Waals surface area (Å²) in [6.45, 7) is 6.01. The minimum absolute atomic E-state index is 0.0348. The van der Waals surface area contributed by atoms with Gasteiger partial charge in [-0.15, -0.1) is 0 Å². The van der Waals surface area contributed by atoms with E-state index in [0.29, 0.717) is 42.4 Å². The molecule has 2 aliphatic heterocycles. The first-order chi connectivity index (χ1) is 14.3. The number of hydrogen-bond donors (Lipinski definition) is 0. The van der Waals surface area contributed by atoms with Crippen LogP contribution in [0.2, 0.25) is 0 Å². The largest absolute Gasteiger partial charge is 0.348 e. The van der Waals surface area contributed by atoms with Crippen molar-refractivity contribution in [2.45, 2.75) is 59.0 Å². The van der Waals surface area contributed by atoms with Crippen LogP contribution in [-0.4, -0.2) is 49.8 Å². The molecule has 2 amide bonds. The lowest BCUT2D eigenvalue weighted by atomic mass is 10.0. The van der Waals surface area contributed by atoms with E-state index in [-0.39, 0.29) is 24.4 Å². The maximum atomic E-state index is 13.1. The Labute approximate surface area is 174 Å². The normalized spacial score (nSPS) is 18.7. The van der Waals surface area contributed by atoms with Crippen molar-refractivity contribution in [3.05, 3.63) is 45.0 Å². The van der Waals surface area contributed by atoms with Gasteiger partial charge in [-0.05, 0) is 46.1 Å². The fraction of sp³-hybridized carbons (Fsp3) is 0.524. The molecule has 0 bridgehead atoms. The van der Waals surface area contributed by atoms with Gasteiger partial charge in [-0.2, -0.15) is 4.98 Å². The van der Waals surface area contributed by atoms with Crippen LogP contribution >= 0.6 is 0 Å². The molecule has 1 atom stereocenters. The van der Waals surface area contributed by atoms with Gasteiger partial charge < -0.3 is 4.90 Å². The van der Waals surface area contributed by atoms with Crippen LogP contribution in [0.15, 0.2) is 10.9 Å². The van der Waals surface area contributed by atoms with E-state index in [9.17, 15) is 14.4 Å². The van der Waals surface area contributed by atoms with E-state index in [1.54, 1.807) is 36.8 Å². The monoisotopic (exact) mass is 410 g/mol. The Kier molecular flexibility index (Phi) is 5.13. The number of fused-ring (bicyclic) bond motifs is 1. The zero-order valence-corrected chi connectivity index (χ0v) is 17.8. The van der Waals surface area contributed by atoms with Crippen LogP contribution in [0.4, 0.5) is 5.82 Å². The second kappa shape index (κ2) is 7.62. The van der Waals surface area contributed by atoms with Gasteiger partial charge in [0.1, 0.15) is 12.4 Å². The highest BCUT2D eigenvalue weighted by Gasteiger charge is 2.34. The molecule has 0 saturated carbocycles. The lowest BCUT2D eigenvalue weighted by Gasteiger charge is -2.29. The van der Waals surface area contributed by atoms with Crippen LogP contribution in [0.5, 0.6) is 0 Å². The van der Waals surface area contributed by atoms with E-state index >= 15 is 0 Å². The zero-order chi connectivity index (χ0) is 21.6. The Morgan fingerprint density at radius 2 is 1.90 bits per heavy atom. The third kappa shape index (κ3) is 3.48. The second-order valence-electron chi connectivity index (χ2n) is 8.07. The number of aryl methyl sites for hydroxylation is 3. The maximum Gasteiger partial charge on any atom is 0.348 e. The lowest BCUT2D eigenvalue weighted by Crippen LogP contribution is -2.38. The van der Waals surface area contributed by atoms with Crippen LogP contribution in [0, 0.1) is 20.8 Å². The number of carbonyl (C=O) groups is 2. The molecule has 4 rings (SSSR count). The molecular formula is C21H26N6O3. The molecule has 158 valence electrons. The summed E-state index contributed by atoms with van der Waals surface area (Å²) in [5.74, 6) is 1.08. The Bertz CT molecular complexity index is 1090. The summed E-state index contributed by atoms with van der Waals surface area (Å²) in [6.07, 6.45) is 2.69. The number of aromatic nitrogens is 4. The fourth-order valence-electron chi connectivity index (χ4n) is 4.37. The zero-order valence-electron chi connectivity index (χ0n) is 17.8. The summed E-state index contributed by atoms with van der Waals surface area (Å²) in [7, 11) is 1.73. The van der Waals surface area contributed by atoms with Crippen molar-refractivity contribution in [1.82, 2.24) is 24.4 Å². The number of amides is 2. The number of likely N-dealkylation sites (tertiary alicyclic amines) is 1. The lowest BCUT2D eigenvalue weighted by molar-refractivity contribution is -0.133. The molecule has 0 aromatic carbocycles. The molecule has 9 heteroatoms. The Morgan fingerprint density at radius 1 is 1.13 bits per heavy atom. The molecule has 2 aliphatic rings. The van der Waals surface area contributed by atoms with E-state index in [0.717, 1.165) is 24.1 Å². The molecule has 0 spiro atoms. The average Bonchev–Trinajstić information content (AvgIpc) is 3.17. The molecule has 1 unspecified atom stereocenters. The van der Waals surface area contributed by atoms with Gasteiger partial charge in [0.05, 0.1) is 6.04 Å². The highest BCUT2D eigenvalue weighted by Crippen LogP contribution is 2.34. The first-order valence-corrected chi connectivity index (χ1v) is 10.2. The van der Waals surface area contributed by atoms with Gasteiger partial charge in [-0.3, -0.25) is 19.1 Å². The van der Waals surface area contributed by atoms with E-state index in [1.165, 1.54) is 4.57 Å². The van der Waals surface area contributed by atoms with Crippen LogP contribution in [0.1, 0.15) is 53.8 Å². The van der Waals surface area contributed by atoms with Gasteiger partial charge in [0.25, 0.3) is 0 Å². The second-order valence-corrected chi connectivity index (χ2v) is 8.07. The van der Waals surface area contributed by atoms with Crippen molar-refractivity contribution in [3.63, 3.8) is 0 Å². The number of rotatable bonds is 3. The van der Waals surface area contributed by atoms with Gasteiger partial charge in [-0.1, -0.05) is 0 Å². The molecular weight excluding hydrogens is 384 g/mol. The third-order valence-electron chi connectivity index (χ3n) is 6.00. The highest BCUT2D eigenvalue weighted by molar-refractivity contribution is 5.94. The number of carbonyl (C=O) groups excluding carboxylic acids is 2. The van der Waals surface area contributed by atoms with Gasteiger partial charge >= 0.3 is 5.69 Å². The quantitative estimate of drug-likeness (QED) is 0.754. The summed E-state index contributed by atoms with van der Waals surface area (Å²) in [5.41, 5.74) is 2.76. The smallest absolute Gasteiger partial charge is 0.331 e. The van der Waals surface area contributed by atoms with Crippen molar-refractivity contribution in [2.24, 2.45) is 0 Å². The van der Waals surface area contributed by atoms with Gasteiger partial charge in [0.15, 0.2) is 5.82 Å². The van der Waals surface area contributed by atoms with E-state index in [4.69, 9.17) is 9.97 Å². The topological polar surface area (TPSA) is 101 Å². The Balaban J connectivity index is 1.63. The number of anilines is 1. The van der Waals surface area contributed by atoms with Crippen LogP contribution < -0.4 is 10.6 Å². The molecule has 0 aliphatic carbocycles. The molecule has 0 N–H and O–H groups in total. The molecule has 9 nitrogen and oxygen atoms in total. The van der Waals surface area contributed by atoms with Gasteiger partial charge in [0.2, 0.25) is 11.8 Å². The summed E-state index contributed by atoms with van der Waals surface area (Å²) in [4.78, 5) is 54.1. The highest BCUT2D eigenvalue weighted by atomic mass is 16.2. The van der Waals surface area contributed by atoms with Crippen LogP contribution in [-0.2, 0) is 22.6 Å². The first-order valence-electron chi connectivity index (χ1n) is 10.2. The minimum atomic E-state index is -0.419. The standard InChI is InChI=1S/C21H26N6O3/c1-12-10-13(2)27(21(30)22-12)11-18(29)26-9-5-6-16(26)19-23-14(3)15-7-8-17(28)25(4)20(15)24-19/h10,16H,5-9,11H2,1-4H3. The predicted octanol–water partition coefficient (Wildman–Crippen LogP) is 1.23. The molecule has 1 saturated heterocycles. The van der Waals surface area contributed by atoms with Crippen molar-refractivity contribution in [3.8, 4) is 0 Å². The summed E-state index contributed by atoms with van der Waals surface area (Å²) in [6, 6.07) is 1.53. The van der Waals surface area contributed by atoms with Crippen molar-refractivity contribution >= 4 is 17.6 Å². The minimum Gasteiger partial charge on any atom is -0.331 e. The predicted molar refractivity (Wildman–Crippen MR) is 110 cm³/mol. The van der Waals surface area contributed by atoms with E-state index < -0.39 is 5.69 Å². The molecule has 2 aromatic heterocycles. The van der Waals surface area contributed by atoms with Crippen molar-refractivity contribution in [1.29, 1.82) is 0 Å². The SMILES string of the molecule is Cc1cc(C)n(CC(=O)N2CCCC2c2nc(C)c3c(n2)N(C)C(=O)CC3)c(=O)n1. The van der Waals surface area contributed by atoms with Crippen LogP contribution in [0.25, 0.3) is 0 Å². The average molecular weight is 410 g/mol. The molecule has 0 radical (unpaired) electrons. The summed E-state index contributed by atoms with van der Waals surface area (Å²) >= 11 is 0. The molecule has 30 heavy (non-hydrogen) atoms. The van der Waals surface area contributed by atoms with Crippen molar-refractivity contribution < 1.29 is 9.59 Å². The van der Waals surface area contributed by atoms with Crippen molar-refractivity contribution in [2.75, 3.05) is 18.5 Å². The Hall–Kier alpha value is -3.10. The maximum absolute atomic E-state index is 13.1. The van der Waals surface area contributed by atoms with Gasteiger partial charge in [-0.25, -0.2) is 14.8 Å². The van der Waals surface area contributed by atoms with Gasteiger partial charge in [0, 0.05) is 42.7 Å². The number of nitrogens with zero attached hydrogens (tertiary/aromatic N) is 6. The fourth-order valence-corrected chi connectivity index (χ4v) is 4.37. The molecule has 1 fully saturated rings. The van der Waals surface area contributed by atoms with E-state index in [1.807, 2.05) is 6.92 Å². The van der Waals surface area contributed by atoms with E-state index in [2.05, 4.69) is 4.98 Å². The molecule has 4 heterocycles. The number of hydrogen-bond acceptors (Lipinski definition) is 6. The molecule has 2 aromatic rings. The third-order valence-corrected chi connectivity index (χ3v) is 6.00. The Morgan fingerprint density at radius 3 is 2.63 bits per heavy atom. The summed E-state index contributed by atoms with van der Waals surface area (Å²) in [5, 5.41) is 0. The first kappa shape index (κ1) is 20.2.